The third kappa shape index (κ3) is 3.01. The van der Waals surface area contributed by atoms with E-state index in [2.05, 4.69) is 0 Å². The second-order valence-corrected chi connectivity index (χ2v) is 8.31. The molecule has 118 valence electrons. The minimum atomic E-state index is -3.53. The molecule has 1 fully saturated rings. The van der Waals surface area contributed by atoms with Crippen molar-refractivity contribution in [1.29, 1.82) is 0 Å². The summed E-state index contributed by atoms with van der Waals surface area (Å²) in [5.74, 6) is 0.642. The molecule has 3 rings (SSSR count). The van der Waals surface area contributed by atoms with Gasteiger partial charge >= 0.3 is 0 Å². The van der Waals surface area contributed by atoms with Crippen molar-refractivity contribution in [1.82, 2.24) is 4.31 Å². The lowest BCUT2D eigenvalue weighted by molar-refractivity contribution is -0.113. The van der Waals surface area contributed by atoms with Crippen molar-refractivity contribution in [2.24, 2.45) is 5.92 Å². The molecule has 0 atom stereocenters. The first kappa shape index (κ1) is 15.4. The highest BCUT2D eigenvalue weighted by atomic mass is 32.2. The molecule has 4 nitrogen and oxygen atoms in total. The number of sulfonamides is 1. The van der Waals surface area contributed by atoms with Gasteiger partial charge in [0, 0.05) is 18.7 Å². The van der Waals surface area contributed by atoms with E-state index >= 15 is 0 Å². The molecule has 1 aliphatic heterocycles. The van der Waals surface area contributed by atoms with Gasteiger partial charge in [0.2, 0.25) is 10.0 Å². The minimum absolute atomic E-state index is 0.00254. The van der Waals surface area contributed by atoms with E-state index in [0.717, 1.165) is 17.6 Å². The van der Waals surface area contributed by atoms with Gasteiger partial charge in [-0.05, 0) is 56.7 Å². The number of carbonyl (C=O) groups is 1. The van der Waals surface area contributed by atoms with Crippen molar-refractivity contribution in [3.63, 3.8) is 0 Å². The monoisotopic (exact) mass is 319 g/mol. The summed E-state index contributed by atoms with van der Waals surface area (Å²) in [5, 5.41) is 0. The van der Waals surface area contributed by atoms with E-state index in [1.807, 2.05) is 6.92 Å². The second-order valence-electron chi connectivity index (χ2n) is 6.37. The number of Topliss-reactive ketones (excluding diaryl/α,β-unsaturated/α-hetero) is 1. The van der Waals surface area contributed by atoms with Crippen LogP contribution in [-0.4, -0.2) is 31.6 Å². The van der Waals surface area contributed by atoms with Gasteiger partial charge in [0.1, 0.15) is 0 Å². The van der Waals surface area contributed by atoms with Crippen molar-refractivity contribution < 1.29 is 13.2 Å². The first-order valence-electron chi connectivity index (χ1n) is 7.66. The fraction of sp³-hybridized carbons (Fsp3) is 0.471. The number of carbonyl (C=O) groups excluding carboxylic acids is 1. The molecule has 1 aromatic rings. The SMILES string of the molecule is CC(=O)C1=C(CC2CC2)CN(S(=O)(=O)c2ccc(C)cc2)C1. The maximum absolute atomic E-state index is 12.7. The summed E-state index contributed by atoms with van der Waals surface area (Å²) < 4.78 is 26.9. The molecule has 0 unspecified atom stereocenters. The molecule has 0 saturated heterocycles. The number of benzene rings is 1. The van der Waals surface area contributed by atoms with E-state index in [-0.39, 0.29) is 12.3 Å². The summed E-state index contributed by atoms with van der Waals surface area (Å²) >= 11 is 0. The van der Waals surface area contributed by atoms with Crippen LogP contribution in [-0.2, 0) is 14.8 Å². The maximum Gasteiger partial charge on any atom is 0.243 e. The van der Waals surface area contributed by atoms with Crippen LogP contribution in [0.25, 0.3) is 0 Å². The molecule has 1 heterocycles. The standard InChI is InChI=1S/C17H21NO3S/c1-12-3-7-16(8-4-12)22(20,21)18-10-15(9-14-5-6-14)17(11-18)13(2)19/h3-4,7-8,14H,5-6,9-11H2,1-2H3. The minimum Gasteiger partial charge on any atom is -0.295 e. The highest BCUT2D eigenvalue weighted by Crippen LogP contribution is 2.38. The average molecular weight is 319 g/mol. The largest absolute Gasteiger partial charge is 0.295 e. The zero-order valence-corrected chi connectivity index (χ0v) is 13.8. The van der Waals surface area contributed by atoms with Crippen molar-refractivity contribution in [2.75, 3.05) is 13.1 Å². The Bertz CT molecular complexity index is 728. The molecule has 0 bridgehead atoms. The number of aryl methyl sites for hydroxylation is 1. The highest BCUT2D eigenvalue weighted by molar-refractivity contribution is 7.89. The molecule has 0 radical (unpaired) electrons. The lowest BCUT2D eigenvalue weighted by Gasteiger charge is -2.17. The van der Waals surface area contributed by atoms with Crippen molar-refractivity contribution in [3.8, 4) is 0 Å². The average Bonchev–Trinajstić information content (AvgIpc) is 3.15. The summed E-state index contributed by atoms with van der Waals surface area (Å²) in [6.07, 6.45) is 3.26. The van der Waals surface area contributed by atoms with Crippen molar-refractivity contribution >= 4 is 15.8 Å². The van der Waals surface area contributed by atoms with Crippen LogP contribution in [0.5, 0.6) is 0 Å². The Morgan fingerprint density at radius 1 is 1.18 bits per heavy atom. The van der Waals surface area contributed by atoms with Crippen LogP contribution in [0.2, 0.25) is 0 Å². The van der Waals surface area contributed by atoms with Gasteiger partial charge in [0.15, 0.2) is 5.78 Å². The maximum atomic E-state index is 12.7. The van der Waals surface area contributed by atoms with Gasteiger partial charge in [-0.2, -0.15) is 4.31 Å². The molecule has 2 aliphatic rings. The lowest BCUT2D eigenvalue weighted by Crippen LogP contribution is -2.30. The fourth-order valence-electron chi connectivity index (χ4n) is 2.90. The van der Waals surface area contributed by atoms with Crippen LogP contribution >= 0.6 is 0 Å². The number of nitrogens with zero attached hydrogens (tertiary/aromatic N) is 1. The van der Waals surface area contributed by atoms with E-state index in [1.165, 1.54) is 24.1 Å². The molecular formula is C17H21NO3S. The van der Waals surface area contributed by atoms with Crippen molar-refractivity contribution in [2.45, 2.75) is 38.0 Å². The predicted octanol–water partition coefficient (Wildman–Crippen LogP) is 2.69. The van der Waals surface area contributed by atoms with Crippen LogP contribution in [0, 0.1) is 12.8 Å². The summed E-state index contributed by atoms with van der Waals surface area (Å²) in [6, 6.07) is 6.87. The first-order chi connectivity index (χ1) is 10.4. The van der Waals surface area contributed by atoms with Gasteiger partial charge in [-0.25, -0.2) is 8.42 Å². The van der Waals surface area contributed by atoms with E-state index in [9.17, 15) is 13.2 Å². The van der Waals surface area contributed by atoms with Crippen LogP contribution in [0.15, 0.2) is 40.3 Å². The molecule has 0 aromatic heterocycles. The Morgan fingerprint density at radius 2 is 1.82 bits per heavy atom. The number of hydrogen-bond acceptors (Lipinski definition) is 3. The number of hydrogen-bond donors (Lipinski definition) is 0. The van der Waals surface area contributed by atoms with Crippen LogP contribution < -0.4 is 0 Å². The molecular weight excluding hydrogens is 298 g/mol. The molecule has 22 heavy (non-hydrogen) atoms. The van der Waals surface area contributed by atoms with Gasteiger partial charge in [0.25, 0.3) is 0 Å². The second kappa shape index (κ2) is 5.63. The Balaban J connectivity index is 1.84. The number of rotatable bonds is 5. The predicted molar refractivity (Wildman–Crippen MR) is 85.0 cm³/mol. The zero-order chi connectivity index (χ0) is 15.9. The smallest absolute Gasteiger partial charge is 0.243 e. The summed E-state index contributed by atoms with van der Waals surface area (Å²) in [5.41, 5.74) is 2.74. The van der Waals surface area contributed by atoms with Gasteiger partial charge < -0.3 is 0 Å². The third-order valence-corrected chi connectivity index (χ3v) is 6.25. The molecule has 0 N–H and O–H groups in total. The topological polar surface area (TPSA) is 54.5 Å². The van der Waals surface area contributed by atoms with Gasteiger partial charge in [-0.15, -0.1) is 0 Å². The normalized spacial score (nSPS) is 19.7. The highest BCUT2D eigenvalue weighted by Gasteiger charge is 2.35. The van der Waals surface area contributed by atoms with Crippen LogP contribution in [0.1, 0.15) is 31.7 Å². The van der Waals surface area contributed by atoms with Crippen LogP contribution in [0.4, 0.5) is 0 Å². The van der Waals surface area contributed by atoms with Gasteiger partial charge in [0.05, 0.1) is 4.90 Å². The summed E-state index contributed by atoms with van der Waals surface area (Å²) in [7, 11) is -3.53. The Labute approximate surface area is 131 Å². The quantitative estimate of drug-likeness (QED) is 0.838. The fourth-order valence-corrected chi connectivity index (χ4v) is 4.30. The van der Waals surface area contributed by atoms with E-state index in [4.69, 9.17) is 0 Å². The van der Waals surface area contributed by atoms with Crippen LogP contribution in [0.3, 0.4) is 0 Å². The lowest BCUT2D eigenvalue weighted by atomic mass is 10.0. The summed E-state index contributed by atoms with van der Waals surface area (Å²) in [6.45, 7) is 4.04. The third-order valence-electron chi connectivity index (χ3n) is 4.44. The van der Waals surface area contributed by atoms with Gasteiger partial charge in [-0.3, -0.25) is 4.79 Å². The molecule has 5 heteroatoms. The van der Waals surface area contributed by atoms with Crippen molar-refractivity contribution in [3.05, 3.63) is 41.0 Å². The molecule has 1 saturated carbocycles. The molecule has 0 amide bonds. The first-order valence-corrected chi connectivity index (χ1v) is 9.10. The molecule has 1 aliphatic carbocycles. The Kier molecular flexibility index (Phi) is 3.95. The van der Waals surface area contributed by atoms with E-state index in [0.29, 0.717) is 22.9 Å². The number of ketones is 1. The molecule has 1 aromatic carbocycles. The Hall–Kier alpha value is -1.46. The van der Waals surface area contributed by atoms with E-state index < -0.39 is 10.0 Å². The molecule has 0 spiro atoms. The Morgan fingerprint density at radius 3 is 2.36 bits per heavy atom. The summed E-state index contributed by atoms with van der Waals surface area (Å²) in [4.78, 5) is 12.1. The zero-order valence-electron chi connectivity index (χ0n) is 13.0. The van der Waals surface area contributed by atoms with E-state index in [1.54, 1.807) is 24.3 Å². The van der Waals surface area contributed by atoms with Gasteiger partial charge in [-0.1, -0.05) is 17.7 Å².